The van der Waals surface area contributed by atoms with Gasteiger partial charge in [-0.15, -0.1) is 0 Å². The molecule has 0 atom stereocenters. The Morgan fingerprint density at radius 3 is 2.03 bits per heavy atom. The molecule has 3 heteroatoms. The van der Waals surface area contributed by atoms with Gasteiger partial charge in [-0.3, -0.25) is 0 Å². The van der Waals surface area contributed by atoms with Crippen LogP contribution < -0.4 is 0 Å². The summed E-state index contributed by atoms with van der Waals surface area (Å²) in [6.07, 6.45) is 0. The molecule has 2 nitrogen and oxygen atoms in total. The first kappa shape index (κ1) is 19.0. The minimum atomic E-state index is 0.784. The van der Waals surface area contributed by atoms with Crippen molar-refractivity contribution in [1.29, 1.82) is 0 Å². The van der Waals surface area contributed by atoms with Gasteiger partial charge in [0.05, 0.1) is 0 Å². The fraction of sp³-hybridized carbons (Fsp3) is 0. The summed E-state index contributed by atoms with van der Waals surface area (Å²) in [5, 5.41) is 8.49. The summed E-state index contributed by atoms with van der Waals surface area (Å²) in [6, 6.07) is 39.2. The van der Waals surface area contributed by atoms with Crippen molar-refractivity contribution in [3.05, 3.63) is 109 Å². The maximum Gasteiger partial charge on any atom is 0.173 e. The molecule has 7 aromatic rings. The van der Waals surface area contributed by atoms with Gasteiger partial charge in [0.1, 0.15) is 5.01 Å². The van der Waals surface area contributed by atoms with E-state index in [-0.39, 0.29) is 0 Å². The molecule has 0 amide bonds. The number of nitrogens with zero attached hydrogens (tertiary/aromatic N) is 2. The minimum absolute atomic E-state index is 0.784. The van der Waals surface area contributed by atoms with E-state index in [1.54, 1.807) is 0 Å². The molecule has 1 aliphatic carbocycles. The maximum atomic E-state index is 5.02. The van der Waals surface area contributed by atoms with E-state index in [1.807, 2.05) is 0 Å². The summed E-state index contributed by atoms with van der Waals surface area (Å²) >= 11 is 1.48. The van der Waals surface area contributed by atoms with Gasteiger partial charge in [0.15, 0.2) is 5.82 Å². The minimum Gasteiger partial charge on any atom is -0.215 e. The van der Waals surface area contributed by atoms with Crippen molar-refractivity contribution in [1.82, 2.24) is 9.36 Å². The number of fused-ring (bicyclic) bond motifs is 6. The predicted molar refractivity (Wildman–Crippen MR) is 148 cm³/mol. The zero-order valence-corrected chi connectivity index (χ0v) is 19.5. The van der Waals surface area contributed by atoms with Crippen LogP contribution in [0, 0.1) is 0 Å². The summed E-state index contributed by atoms with van der Waals surface area (Å²) in [5.74, 6) is 0.784. The first-order valence-electron chi connectivity index (χ1n) is 11.8. The Bertz CT molecular complexity index is 1940. The molecular weight excluding hydrogens is 444 g/mol. The third kappa shape index (κ3) is 2.70. The van der Waals surface area contributed by atoms with Gasteiger partial charge in [-0.05, 0) is 72.2 Å². The van der Waals surface area contributed by atoms with E-state index in [0.717, 1.165) is 22.0 Å². The highest BCUT2D eigenvalue weighted by Crippen LogP contribution is 2.49. The molecule has 1 heterocycles. The largest absolute Gasteiger partial charge is 0.215 e. The molecular formula is C32H18N2S. The molecule has 0 fully saturated rings. The van der Waals surface area contributed by atoms with E-state index in [0.29, 0.717) is 0 Å². The summed E-state index contributed by atoms with van der Waals surface area (Å²) < 4.78 is 4.79. The van der Waals surface area contributed by atoms with E-state index >= 15 is 0 Å². The van der Waals surface area contributed by atoms with E-state index in [4.69, 9.17) is 9.36 Å². The van der Waals surface area contributed by atoms with Gasteiger partial charge in [0.25, 0.3) is 0 Å². The van der Waals surface area contributed by atoms with Crippen LogP contribution in [0.1, 0.15) is 0 Å². The molecule has 0 radical (unpaired) electrons. The second kappa shape index (κ2) is 7.08. The first-order chi connectivity index (χ1) is 17.3. The van der Waals surface area contributed by atoms with Gasteiger partial charge in [-0.25, -0.2) is 4.98 Å². The highest BCUT2D eigenvalue weighted by molar-refractivity contribution is 7.09. The number of aromatic nitrogens is 2. The quantitative estimate of drug-likeness (QED) is 0.240. The standard InChI is InChI=1S/C32H18N2S/c1-2-7-22-19(6-1)12-13-20-14-15-21(18-29(20)22)31-33-32(35-34-31)28-17-16-27-24-9-4-3-8-23(24)25-10-5-11-26(28)30(25)27/h1-18H. The molecule has 0 unspecified atom stereocenters. The highest BCUT2D eigenvalue weighted by atomic mass is 32.1. The van der Waals surface area contributed by atoms with Crippen molar-refractivity contribution in [2.75, 3.05) is 0 Å². The molecule has 35 heavy (non-hydrogen) atoms. The van der Waals surface area contributed by atoms with Crippen LogP contribution in [-0.4, -0.2) is 9.36 Å². The molecule has 0 bridgehead atoms. The summed E-state index contributed by atoms with van der Waals surface area (Å²) in [5.41, 5.74) is 7.43. The highest BCUT2D eigenvalue weighted by Gasteiger charge is 2.23. The molecule has 0 N–H and O–H groups in total. The zero-order valence-electron chi connectivity index (χ0n) is 18.7. The van der Waals surface area contributed by atoms with Gasteiger partial charge in [0.2, 0.25) is 0 Å². The third-order valence-corrected chi connectivity index (χ3v) is 7.96. The topological polar surface area (TPSA) is 25.8 Å². The molecule has 0 saturated carbocycles. The van der Waals surface area contributed by atoms with Crippen LogP contribution in [0.2, 0.25) is 0 Å². The van der Waals surface area contributed by atoms with Crippen molar-refractivity contribution in [2.24, 2.45) is 0 Å². The van der Waals surface area contributed by atoms with Crippen LogP contribution >= 0.6 is 11.5 Å². The fourth-order valence-electron chi connectivity index (χ4n) is 5.59. The Kier molecular flexibility index (Phi) is 3.85. The van der Waals surface area contributed by atoms with Crippen LogP contribution in [0.3, 0.4) is 0 Å². The third-order valence-electron chi connectivity index (χ3n) is 7.21. The number of hydrogen-bond acceptors (Lipinski definition) is 3. The van der Waals surface area contributed by atoms with Crippen LogP contribution in [0.15, 0.2) is 109 Å². The monoisotopic (exact) mass is 462 g/mol. The Morgan fingerprint density at radius 2 is 1.14 bits per heavy atom. The molecule has 0 saturated heterocycles. The van der Waals surface area contributed by atoms with Crippen LogP contribution in [0.5, 0.6) is 0 Å². The van der Waals surface area contributed by atoms with Crippen molar-refractivity contribution < 1.29 is 0 Å². The van der Waals surface area contributed by atoms with Crippen LogP contribution in [-0.2, 0) is 0 Å². The first-order valence-corrected chi connectivity index (χ1v) is 12.5. The Balaban J connectivity index is 1.29. The van der Waals surface area contributed by atoms with E-state index in [9.17, 15) is 0 Å². The summed E-state index contributed by atoms with van der Waals surface area (Å²) in [7, 11) is 0. The van der Waals surface area contributed by atoms with Crippen molar-refractivity contribution in [3.63, 3.8) is 0 Å². The normalized spacial score (nSPS) is 12.0. The van der Waals surface area contributed by atoms with Gasteiger partial charge >= 0.3 is 0 Å². The van der Waals surface area contributed by atoms with Crippen molar-refractivity contribution in [2.45, 2.75) is 0 Å². The average Bonchev–Trinajstić information content (AvgIpc) is 3.54. The molecule has 0 aliphatic heterocycles. The molecule has 8 rings (SSSR count). The number of benzene rings is 6. The van der Waals surface area contributed by atoms with E-state index < -0.39 is 0 Å². The Morgan fingerprint density at radius 1 is 0.486 bits per heavy atom. The lowest BCUT2D eigenvalue weighted by molar-refractivity contribution is 1.33. The van der Waals surface area contributed by atoms with Gasteiger partial charge in [0, 0.05) is 11.1 Å². The summed E-state index contributed by atoms with van der Waals surface area (Å²) in [4.78, 5) is 5.02. The average molecular weight is 463 g/mol. The van der Waals surface area contributed by atoms with E-state index in [1.165, 1.54) is 66.1 Å². The van der Waals surface area contributed by atoms with Gasteiger partial charge < -0.3 is 0 Å². The van der Waals surface area contributed by atoms with Gasteiger partial charge in [-0.1, -0.05) is 103 Å². The van der Waals surface area contributed by atoms with Crippen molar-refractivity contribution >= 4 is 43.8 Å². The van der Waals surface area contributed by atoms with Crippen molar-refractivity contribution in [3.8, 4) is 44.2 Å². The molecule has 1 aromatic heterocycles. The second-order valence-corrected chi connectivity index (χ2v) is 9.83. The molecule has 162 valence electrons. The lowest BCUT2D eigenvalue weighted by Crippen LogP contribution is -1.85. The van der Waals surface area contributed by atoms with Gasteiger partial charge in [-0.2, -0.15) is 4.37 Å². The van der Waals surface area contributed by atoms with Crippen LogP contribution in [0.4, 0.5) is 0 Å². The van der Waals surface area contributed by atoms with Crippen LogP contribution in [0.25, 0.3) is 76.5 Å². The molecule has 6 aromatic carbocycles. The Hall–Kier alpha value is -4.34. The smallest absolute Gasteiger partial charge is 0.173 e. The summed E-state index contributed by atoms with van der Waals surface area (Å²) in [6.45, 7) is 0. The number of hydrogen-bond donors (Lipinski definition) is 0. The maximum absolute atomic E-state index is 5.02. The predicted octanol–water partition coefficient (Wildman–Crippen LogP) is 8.98. The zero-order chi connectivity index (χ0) is 22.9. The molecule has 0 spiro atoms. The fourth-order valence-corrected chi connectivity index (χ4v) is 6.31. The number of rotatable bonds is 2. The molecule has 1 aliphatic rings. The van der Waals surface area contributed by atoms with E-state index in [2.05, 4.69) is 109 Å². The lowest BCUT2D eigenvalue weighted by Gasteiger charge is -2.07. The Labute approximate surface area is 206 Å². The SMILES string of the molecule is c1ccc2c(c1)-c1cccc3c(-c4nc(-c5ccc6ccc7ccccc7c6c5)ns4)ccc-2c13. The lowest BCUT2D eigenvalue weighted by atomic mass is 9.98. The second-order valence-electron chi connectivity index (χ2n) is 9.08.